The summed E-state index contributed by atoms with van der Waals surface area (Å²) in [6, 6.07) is 9.90. The highest BCUT2D eigenvalue weighted by Crippen LogP contribution is 2.18. The average Bonchev–Trinajstić information content (AvgIpc) is 2.48. The van der Waals surface area contributed by atoms with E-state index in [0.29, 0.717) is 4.47 Å². The summed E-state index contributed by atoms with van der Waals surface area (Å²) in [6.07, 6.45) is 0. The van der Waals surface area contributed by atoms with Gasteiger partial charge in [-0.25, -0.2) is 9.36 Å². The third kappa shape index (κ3) is 2.33. The molecular weight excluding hydrogens is 356 g/mol. The number of nitro benzene ring substituents is 1. The monoisotopic (exact) mass is 362 g/mol. The molecule has 0 spiro atoms. The number of non-ortho nitro benzene ring substituents is 1. The Balaban J connectivity index is 2.36. The molecule has 3 rings (SSSR count). The number of benzene rings is 2. The number of nitrogens with zero attached hydrogens (tertiary/aromatic N) is 2. The standard InChI is InChI=1S/C14H7BrN2O5/c15-8-4-5-12-11(6-8)13(18)16(14(19)22-12)9-2-1-3-10(7-9)17(20)21/h1-7H. The second-order valence-corrected chi connectivity index (χ2v) is 5.34. The van der Waals surface area contributed by atoms with E-state index >= 15 is 0 Å². The first kappa shape index (κ1) is 14.2. The van der Waals surface area contributed by atoms with E-state index < -0.39 is 16.2 Å². The first-order valence-corrected chi connectivity index (χ1v) is 6.87. The van der Waals surface area contributed by atoms with Gasteiger partial charge in [-0.3, -0.25) is 14.9 Å². The van der Waals surface area contributed by atoms with Gasteiger partial charge < -0.3 is 4.42 Å². The molecule has 22 heavy (non-hydrogen) atoms. The Morgan fingerprint density at radius 2 is 1.91 bits per heavy atom. The predicted octanol–water partition coefficient (Wildman–Crippen LogP) is 2.61. The molecule has 0 saturated carbocycles. The van der Waals surface area contributed by atoms with Gasteiger partial charge in [-0.05, 0) is 24.3 Å². The first-order chi connectivity index (χ1) is 10.5. The number of hydrogen-bond donors (Lipinski definition) is 0. The summed E-state index contributed by atoms with van der Waals surface area (Å²) in [5.41, 5.74) is -0.596. The number of halogens is 1. The second kappa shape index (κ2) is 5.23. The molecule has 0 bridgehead atoms. The van der Waals surface area contributed by atoms with Gasteiger partial charge in [-0.1, -0.05) is 22.0 Å². The minimum atomic E-state index is -0.902. The Morgan fingerprint density at radius 1 is 1.14 bits per heavy atom. The number of rotatable bonds is 2. The molecule has 0 fully saturated rings. The molecule has 8 heteroatoms. The van der Waals surface area contributed by atoms with Crippen molar-refractivity contribution in [1.82, 2.24) is 4.57 Å². The lowest BCUT2D eigenvalue weighted by molar-refractivity contribution is -0.384. The van der Waals surface area contributed by atoms with Crippen molar-refractivity contribution in [2.45, 2.75) is 0 Å². The maximum atomic E-state index is 12.5. The van der Waals surface area contributed by atoms with Crippen LogP contribution in [0.3, 0.4) is 0 Å². The zero-order valence-electron chi connectivity index (χ0n) is 10.9. The van der Waals surface area contributed by atoms with E-state index in [1.54, 1.807) is 6.07 Å². The molecule has 0 atom stereocenters. The zero-order valence-corrected chi connectivity index (χ0v) is 12.4. The van der Waals surface area contributed by atoms with Gasteiger partial charge in [0.15, 0.2) is 0 Å². The summed E-state index contributed by atoms with van der Waals surface area (Å²) in [4.78, 5) is 34.7. The highest BCUT2D eigenvalue weighted by molar-refractivity contribution is 9.10. The van der Waals surface area contributed by atoms with Gasteiger partial charge in [0.1, 0.15) is 5.58 Å². The van der Waals surface area contributed by atoms with Crippen LogP contribution < -0.4 is 11.3 Å². The van der Waals surface area contributed by atoms with E-state index in [0.717, 1.165) is 10.6 Å². The van der Waals surface area contributed by atoms with Crippen LogP contribution in [0.1, 0.15) is 0 Å². The van der Waals surface area contributed by atoms with Crippen molar-refractivity contribution in [3.63, 3.8) is 0 Å². The molecule has 0 aliphatic rings. The smallest absolute Gasteiger partial charge is 0.409 e. The molecule has 1 aromatic heterocycles. The van der Waals surface area contributed by atoms with Gasteiger partial charge in [-0.2, -0.15) is 0 Å². The summed E-state index contributed by atoms with van der Waals surface area (Å²) >= 11 is 3.24. The Bertz CT molecular complexity index is 1020. The van der Waals surface area contributed by atoms with Gasteiger partial charge in [0, 0.05) is 16.6 Å². The van der Waals surface area contributed by atoms with E-state index in [9.17, 15) is 19.7 Å². The van der Waals surface area contributed by atoms with Crippen molar-refractivity contribution in [2.24, 2.45) is 0 Å². The molecule has 3 aromatic rings. The molecule has 110 valence electrons. The Kier molecular flexibility index (Phi) is 3.38. The van der Waals surface area contributed by atoms with Gasteiger partial charge >= 0.3 is 5.76 Å². The van der Waals surface area contributed by atoms with Gasteiger partial charge in [0.25, 0.3) is 11.2 Å². The average molecular weight is 363 g/mol. The van der Waals surface area contributed by atoms with Crippen LogP contribution in [0.4, 0.5) is 5.69 Å². The van der Waals surface area contributed by atoms with E-state index in [4.69, 9.17) is 4.42 Å². The minimum absolute atomic E-state index is 0.0785. The quantitative estimate of drug-likeness (QED) is 0.515. The third-order valence-corrected chi connectivity index (χ3v) is 3.55. The van der Waals surface area contributed by atoms with E-state index in [2.05, 4.69) is 15.9 Å². The summed E-state index contributed by atoms with van der Waals surface area (Å²) in [5, 5.41) is 11.0. The molecule has 0 unspecified atom stereocenters. The van der Waals surface area contributed by atoms with Crippen molar-refractivity contribution >= 4 is 32.6 Å². The van der Waals surface area contributed by atoms with Crippen LogP contribution in [-0.2, 0) is 0 Å². The Hall–Kier alpha value is -2.74. The van der Waals surface area contributed by atoms with Crippen LogP contribution in [0.15, 0.2) is 60.9 Å². The van der Waals surface area contributed by atoms with Gasteiger partial charge in [0.05, 0.1) is 16.0 Å². The lowest BCUT2D eigenvalue weighted by Crippen LogP contribution is -2.30. The lowest BCUT2D eigenvalue weighted by atomic mass is 10.2. The van der Waals surface area contributed by atoms with Crippen LogP contribution in [0.25, 0.3) is 16.7 Å². The topological polar surface area (TPSA) is 95.3 Å². The van der Waals surface area contributed by atoms with Crippen molar-refractivity contribution in [1.29, 1.82) is 0 Å². The van der Waals surface area contributed by atoms with Crippen molar-refractivity contribution in [3.8, 4) is 5.69 Å². The largest absolute Gasteiger partial charge is 0.426 e. The molecule has 0 aliphatic heterocycles. The first-order valence-electron chi connectivity index (χ1n) is 6.07. The second-order valence-electron chi connectivity index (χ2n) is 4.43. The maximum Gasteiger partial charge on any atom is 0.426 e. The van der Waals surface area contributed by atoms with Crippen LogP contribution in [0, 0.1) is 10.1 Å². The highest BCUT2D eigenvalue weighted by atomic mass is 79.9. The fourth-order valence-electron chi connectivity index (χ4n) is 2.07. The molecule has 0 amide bonds. The van der Waals surface area contributed by atoms with Crippen LogP contribution in [-0.4, -0.2) is 9.49 Å². The molecular formula is C14H7BrN2O5. The maximum absolute atomic E-state index is 12.5. The number of aromatic nitrogens is 1. The molecule has 2 aromatic carbocycles. The normalized spacial score (nSPS) is 10.8. The van der Waals surface area contributed by atoms with Crippen LogP contribution in [0.5, 0.6) is 0 Å². The molecule has 0 saturated heterocycles. The highest BCUT2D eigenvalue weighted by Gasteiger charge is 2.14. The summed E-state index contributed by atoms with van der Waals surface area (Å²) in [5.74, 6) is -0.902. The van der Waals surface area contributed by atoms with Crippen LogP contribution >= 0.6 is 15.9 Å². The molecule has 7 nitrogen and oxygen atoms in total. The fraction of sp³-hybridized carbons (Fsp3) is 0. The van der Waals surface area contributed by atoms with E-state index in [1.807, 2.05) is 0 Å². The predicted molar refractivity (Wildman–Crippen MR) is 82.4 cm³/mol. The van der Waals surface area contributed by atoms with E-state index in [1.165, 1.54) is 30.3 Å². The summed E-state index contributed by atoms with van der Waals surface area (Å²) in [7, 11) is 0. The zero-order chi connectivity index (χ0) is 15.9. The molecule has 0 radical (unpaired) electrons. The van der Waals surface area contributed by atoms with Crippen LogP contribution in [0.2, 0.25) is 0 Å². The van der Waals surface area contributed by atoms with E-state index in [-0.39, 0.29) is 22.3 Å². The van der Waals surface area contributed by atoms with Gasteiger partial charge in [-0.15, -0.1) is 0 Å². The van der Waals surface area contributed by atoms with Crippen molar-refractivity contribution in [2.75, 3.05) is 0 Å². The Morgan fingerprint density at radius 3 is 2.64 bits per heavy atom. The number of hydrogen-bond acceptors (Lipinski definition) is 5. The minimum Gasteiger partial charge on any atom is -0.409 e. The summed E-state index contributed by atoms with van der Waals surface area (Å²) in [6.45, 7) is 0. The SMILES string of the molecule is O=c1oc2ccc(Br)cc2c(=O)n1-c1cccc([N+](=O)[O-])c1. The Labute approximate surface area is 130 Å². The summed E-state index contributed by atoms with van der Waals surface area (Å²) < 4.78 is 6.52. The molecule has 0 N–H and O–H groups in total. The number of nitro groups is 1. The third-order valence-electron chi connectivity index (χ3n) is 3.05. The van der Waals surface area contributed by atoms with Crippen molar-refractivity contribution in [3.05, 3.63) is 78.0 Å². The number of fused-ring (bicyclic) bond motifs is 1. The van der Waals surface area contributed by atoms with Crippen molar-refractivity contribution < 1.29 is 9.34 Å². The lowest BCUT2D eigenvalue weighted by Gasteiger charge is -2.05. The molecule has 0 aliphatic carbocycles. The van der Waals surface area contributed by atoms with Gasteiger partial charge in [0.2, 0.25) is 0 Å². The molecule has 1 heterocycles. The fourth-order valence-corrected chi connectivity index (χ4v) is 2.43.